The molecule has 0 saturated heterocycles. The molecule has 1 amide bonds. The molecule has 0 aliphatic carbocycles. The number of rotatable bonds is 7. The Morgan fingerprint density at radius 1 is 0.774 bits per heavy atom. The van der Waals surface area contributed by atoms with E-state index < -0.39 is 27.1 Å². The van der Waals surface area contributed by atoms with Crippen molar-refractivity contribution in [3.63, 3.8) is 0 Å². The van der Waals surface area contributed by atoms with Gasteiger partial charge in [-0.1, -0.05) is 48.5 Å². The monoisotopic (exact) mass is 417 g/mol. The molecule has 0 aliphatic rings. The molecule has 0 fully saturated rings. The zero-order valence-electron chi connectivity index (χ0n) is 15.9. The Bertz CT molecular complexity index is 1170. The van der Waals surface area contributed by atoms with Crippen molar-refractivity contribution in [3.05, 3.63) is 116 Å². The van der Waals surface area contributed by atoms with Crippen LogP contribution < -0.4 is 5.32 Å². The third-order valence-electron chi connectivity index (χ3n) is 4.22. The highest BCUT2D eigenvalue weighted by Crippen LogP contribution is 2.23. The van der Waals surface area contributed by atoms with Crippen LogP contribution in [0.25, 0.3) is 6.08 Å². The minimum absolute atomic E-state index is 0.249. The fourth-order valence-corrected chi connectivity index (χ4v) is 2.72. The third-order valence-corrected chi connectivity index (χ3v) is 4.22. The summed E-state index contributed by atoms with van der Waals surface area (Å²) in [4.78, 5) is 45.3. The van der Waals surface area contributed by atoms with Gasteiger partial charge in [0, 0.05) is 23.4 Å². The lowest BCUT2D eigenvalue weighted by Crippen LogP contribution is -2.13. The van der Waals surface area contributed by atoms with Gasteiger partial charge in [-0.25, -0.2) is 0 Å². The zero-order valence-corrected chi connectivity index (χ0v) is 15.9. The molecule has 154 valence electrons. The van der Waals surface area contributed by atoms with Crippen LogP contribution in [-0.2, 0) is 0 Å². The van der Waals surface area contributed by atoms with Gasteiger partial charge in [0.1, 0.15) is 0 Å². The van der Waals surface area contributed by atoms with E-state index in [1.165, 1.54) is 18.2 Å². The van der Waals surface area contributed by atoms with Gasteiger partial charge in [0.05, 0.1) is 21.5 Å². The van der Waals surface area contributed by atoms with E-state index in [2.05, 4.69) is 5.32 Å². The number of hydrogen-bond donors (Lipinski definition) is 1. The van der Waals surface area contributed by atoms with Gasteiger partial charge in [-0.3, -0.25) is 29.8 Å². The average molecular weight is 417 g/mol. The second kappa shape index (κ2) is 9.23. The maximum absolute atomic E-state index is 12.5. The Kier molecular flexibility index (Phi) is 6.27. The average Bonchev–Trinajstić information content (AvgIpc) is 2.78. The zero-order chi connectivity index (χ0) is 22.4. The first kappa shape index (κ1) is 21.1. The number of amides is 1. The van der Waals surface area contributed by atoms with Gasteiger partial charge in [-0.2, -0.15) is 0 Å². The maximum atomic E-state index is 12.5. The lowest BCUT2D eigenvalue weighted by atomic mass is 10.1. The first-order valence-corrected chi connectivity index (χ1v) is 8.96. The van der Waals surface area contributed by atoms with Crippen LogP contribution in [0.2, 0.25) is 0 Å². The number of benzene rings is 3. The molecule has 0 unspecified atom stereocenters. The highest BCUT2D eigenvalue weighted by molar-refractivity contribution is 6.09. The van der Waals surface area contributed by atoms with Crippen LogP contribution in [-0.4, -0.2) is 21.5 Å². The number of ketones is 1. The molecule has 31 heavy (non-hydrogen) atoms. The Balaban J connectivity index is 1.80. The summed E-state index contributed by atoms with van der Waals surface area (Å²) in [5, 5.41) is 24.5. The highest BCUT2D eigenvalue weighted by Gasteiger charge is 2.20. The van der Waals surface area contributed by atoms with Crippen molar-refractivity contribution in [3.8, 4) is 0 Å². The summed E-state index contributed by atoms with van der Waals surface area (Å²) < 4.78 is 0. The SMILES string of the molecule is O=C(C=Cc1ccccc1)c1cccc(NC(=O)c2cc([N+](=O)[O-])cc([N+](=O)[O-])c2)c1. The molecule has 0 radical (unpaired) electrons. The Hall–Kier alpha value is -4.66. The number of nitrogens with zero attached hydrogens (tertiary/aromatic N) is 2. The summed E-state index contributed by atoms with van der Waals surface area (Å²) in [5.74, 6) is -1.07. The van der Waals surface area contributed by atoms with Crippen molar-refractivity contribution in [1.29, 1.82) is 0 Å². The highest BCUT2D eigenvalue weighted by atomic mass is 16.6. The van der Waals surface area contributed by atoms with Gasteiger partial charge in [0.2, 0.25) is 0 Å². The predicted octanol–water partition coefficient (Wildman–Crippen LogP) is 4.65. The van der Waals surface area contributed by atoms with Gasteiger partial charge in [-0.05, 0) is 23.8 Å². The van der Waals surface area contributed by atoms with Crippen molar-refractivity contribution < 1.29 is 19.4 Å². The topological polar surface area (TPSA) is 132 Å². The summed E-state index contributed by atoms with van der Waals surface area (Å²) in [5.41, 5.74) is 0.0333. The molecule has 3 aromatic carbocycles. The molecule has 0 aliphatic heterocycles. The van der Waals surface area contributed by atoms with E-state index in [1.807, 2.05) is 30.3 Å². The summed E-state index contributed by atoms with van der Waals surface area (Å²) in [7, 11) is 0. The standard InChI is InChI=1S/C22H15N3O6/c26-21(10-9-15-5-2-1-3-6-15)16-7-4-8-18(11-16)23-22(27)17-12-19(24(28)29)14-20(13-17)25(30)31/h1-14H,(H,23,27). The van der Waals surface area contributed by atoms with Crippen molar-refractivity contribution in [1.82, 2.24) is 0 Å². The number of hydrogen-bond acceptors (Lipinski definition) is 6. The minimum atomic E-state index is -0.817. The summed E-state index contributed by atoms with van der Waals surface area (Å²) in [6, 6.07) is 18.0. The van der Waals surface area contributed by atoms with Crippen LogP contribution in [0, 0.1) is 20.2 Å². The number of anilines is 1. The lowest BCUT2D eigenvalue weighted by Gasteiger charge is -2.07. The normalized spacial score (nSPS) is 10.6. The van der Waals surface area contributed by atoms with E-state index in [4.69, 9.17) is 0 Å². The Labute approximate surface area is 175 Å². The molecule has 1 N–H and O–H groups in total. The van der Waals surface area contributed by atoms with Crippen LogP contribution in [0.15, 0.2) is 78.9 Å². The quantitative estimate of drug-likeness (QED) is 0.257. The molecule has 0 saturated carbocycles. The summed E-state index contributed by atoms with van der Waals surface area (Å²) >= 11 is 0. The smallest absolute Gasteiger partial charge is 0.277 e. The maximum Gasteiger partial charge on any atom is 0.277 e. The fourth-order valence-electron chi connectivity index (χ4n) is 2.72. The number of nitro groups is 2. The Morgan fingerprint density at radius 2 is 1.42 bits per heavy atom. The van der Waals surface area contributed by atoms with Crippen LogP contribution in [0.1, 0.15) is 26.3 Å². The van der Waals surface area contributed by atoms with Crippen molar-refractivity contribution in [2.75, 3.05) is 5.32 Å². The van der Waals surface area contributed by atoms with Gasteiger partial charge in [0.15, 0.2) is 5.78 Å². The molecular formula is C22H15N3O6. The predicted molar refractivity (Wildman–Crippen MR) is 114 cm³/mol. The molecule has 0 spiro atoms. The summed E-state index contributed by atoms with van der Waals surface area (Å²) in [6.07, 6.45) is 3.07. The molecule has 9 heteroatoms. The van der Waals surface area contributed by atoms with Gasteiger partial charge in [0.25, 0.3) is 17.3 Å². The molecule has 0 heterocycles. The van der Waals surface area contributed by atoms with Crippen molar-refractivity contribution >= 4 is 34.8 Å². The first-order chi connectivity index (χ1) is 14.8. The van der Waals surface area contributed by atoms with Crippen LogP contribution in [0.3, 0.4) is 0 Å². The van der Waals surface area contributed by atoms with E-state index in [9.17, 15) is 29.8 Å². The molecule has 0 atom stereocenters. The second-order valence-corrected chi connectivity index (χ2v) is 6.40. The largest absolute Gasteiger partial charge is 0.322 e. The van der Waals surface area contributed by atoms with Gasteiger partial charge in [-0.15, -0.1) is 0 Å². The van der Waals surface area contributed by atoms with Crippen molar-refractivity contribution in [2.45, 2.75) is 0 Å². The van der Waals surface area contributed by atoms with E-state index in [1.54, 1.807) is 18.2 Å². The van der Waals surface area contributed by atoms with Crippen molar-refractivity contribution in [2.24, 2.45) is 0 Å². The Morgan fingerprint density at radius 3 is 2.03 bits per heavy atom. The molecule has 3 rings (SSSR count). The number of carbonyl (C=O) groups is 2. The van der Waals surface area contributed by atoms with Gasteiger partial charge >= 0.3 is 0 Å². The molecule has 0 bridgehead atoms. The number of allylic oxidation sites excluding steroid dienone is 1. The number of carbonyl (C=O) groups excluding carboxylic acids is 2. The number of nitrogens with one attached hydrogen (secondary N) is 1. The minimum Gasteiger partial charge on any atom is -0.322 e. The lowest BCUT2D eigenvalue weighted by molar-refractivity contribution is -0.394. The number of non-ortho nitro benzene ring substituents is 2. The van der Waals surface area contributed by atoms with Gasteiger partial charge < -0.3 is 5.32 Å². The van der Waals surface area contributed by atoms with Crippen LogP contribution in [0.4, 0.5) is 17.1 Å². The molecule has 0 aromatic heterocycles. The molecular weight excluding hydrogens is 402 g/mol. The number of nitro benzene ring substituents is 2. The van der Waals surface area contributed by atoms with E-state index >= 15 is 0 Å². The van der Waals surface area contributed by atoms with Crippen LogP contribution >= 0.6 is 0 Å². The molecule has 9 nitrogen and oxygen atoms in total. The van der Waals surface area contributed by atoms with E-state index in [0.29, 0.717) is 5.56 Å². The third kappa shape index (κ3) is 5.45. The van der Waals surface area contributed by atoms with E-state index in [-0.39, 0.29) is 17.0 Å². The first-order valence-electron chi connectivity index (χ1n) is 8.96. The summed E-state index contributed by atoms with van der Waals surface area (Å²) in [6.45, 7) is 0. The van der Waals surface area contributed by atoms with E-state index in [0.717, 1.165) is 23.8 Å². The van der Waals surface area contributed by atoms with Crippen LogP contribution in [0.5, 0.6) is 0 Å². The molecule has 3 aromatic rings. The second-order valence-electron chi connectivity index (χ2n) is 6.40. The fraction of sp³-hybridized carbons (Fsp3) is 0.